The monoisotopic (exact) mass is 1140 g/mol. The number of aromatic nitrogens is 1. The molecule has 0 spiro atoms. The topological polar surface area (TPSA) is 22.3 Å². The molecule has 0 N–H and O–H groups in total. The molecule has 28 heteroatoms. The van der Waals surface area contributed by atoms with E-state index >= 15 is 0 Å². The molecule has 1 aliphatic heterocycles. The minimum absolute atomic E-state index is 0.582. The van der Waals surface area contributed by atoms with Gasteiger partial charge in [0.25, 0.3) is 0 Å². The van der Waals surface area contributed by atoms with Crippen molar-refractivity contribution in [1.29, 1.82) is 0 Å². The van der Waals surface area contributed by atoms with E-state index in [0.717, 1.165) is 28.8 Å². The SMILES string of the molecule is FC(F)(F)c1cc([B-](c2cc(C(F)(F)F)cc(C(F)(F)F)c2)(c2cc(C(F)(F)F)cc(C(F)(F)F)c2)c2cc(C(F)(F)F)cc(C(F)(F)F)c2)cc(C(F)(F)F)c1.c1ccc(C[n+]2cc3c4c(cccc4c2)OCCO3)cc1. The van der Waals surface area contributed by atoms with Gasteiger partial charge in [0.05, 0.1) is 55.3 Å². The van der Waals surface area contributed by atoms with Crippen LogP contribution in [-0.4, -0.2) is 19.4 Å². The van der Waals surface area contributed by atoms with Crippen LogP contribution in [0.3, 0.4) is 0 Å². The molecule has 0 fully saturated rings. The second-order valence-electron chi connectivity index (χ2n) is 17.4. The van der Waals surface area contributed by atoms with Crippen molar-refractivity contribution in [2.24, 2.45) is 0 Å². The van der Waals surface area contributed by atoms with Crippen molar-refractivity contribution < 1.29 is 119 Å². The highest BCUT2D eigenvalue weighted by Crippen LogP contribution is 2.42. The van der Waals surface area contributed by atoms with E-state index in [9.17, 15) is 105 Å². The molecule has 0 unspecified atom stereocenters. The van der Waals surface area contributed by atoms with Crippen LogP contribution in [0, 0.1) is 0 Å². The van der Waals surface area contributed by atoms with Crippen molar-refractivity contribution in [2.75, 3.05) is 13.2 Å². The number of alkyl halides is 24. The van der Waals surface area contributed by atoms with Gasteiger partial charge in [0.1, 0.15) is 25.1 Å². The molecule has 416 valence electrons. The van der Waals surface area contributed by atoms with Gasteiger partial charge in [0.2, 0.25) is 6.20 Å². The van der Waals surface area contributed by atoms with E-state index in [-0.39, 0.29) is 0 Å². The Balaban J connectivity index is 0.000000344. The summed E-state index contributed by atoms with van der Waals surface area (Å²) in [6, 6.07) is 7.75. The number of pyridine rings is 1. The minimum Gasteiger partial charge on any atom is -0.489 e. The molecule has 78 heavy (non-hydrogen) atoms. The maximum atomic E-state index is 14.2. The van der Waals surface area contributed by atoms with E-state index in [2.05, 4.69) is 47.3 Å². The summed E-state index contributed by atoms with van der Waals surface area (Å²) in [5, 5.41) is 2.21. The lowest BCUT2D eigenvalue weighted by Crippen LogP contribution is -2.75. The van der Waals surface area contributed by atoms with E-state index in [1.165, 1.54) is 5.56 Å². The Labute approximate surface area is 422 Å². The molecule has 8 rings (SSSR count). The number of ether oxygens (including phenoxy) is 2. The van der Waals surface area contributed by atoms with Gasteiger partial charge in [-0.15, -0.1) is 0 Å². The summed E-state index contributed by atoms with van der Waals surface area (Å²) in [6.45, 7) is 2.00. The Kier molecular flexibility index (Phi) is 15.1. The smallest absolute Gasteiger partial charge is 0.416 e. The molecule has 2 heterocycles. The van der Waals surface area contributed by atoms with E-state index in [1.807, 2.05) is 18.2 Å². The zero-order valence-corrected chi connectivity index (χ0v) is 38.2. The van der Waals surface area contributed by atoms with Crippen LogP contribution < -0.4 is 35.9 Å². The van der Waals surface area contributed by atoms with Crippen LogP contribution in [0.2, 0.25) is 0 Å². The van der Waals surface area contributed by atoms with Crippen molar-refractivity contribution in [2.45, 2.75) is 56.0 Å². The molecule has 0 amide bonds. The molecule has 0 aliphatic carbocycles. The predicted octanol–water partition coefficient (Wildman–Crippen LogP) is 14.2. The first-order valence-electron chi connectivity index (χ1n) is 21.8. The standard InChI is InChI=1S/C32H12BF24.C18H16NO2/c34-25(35,36)13-1-14(26(37,38)39)6-21(5-13)33(22-7-15(27(40,41)42)2-16(8-22)28(43,44)45,23-9-17(29(46,47)48)3-18(10-23)30(49,50)51)24-11-19(31(52,53)54)4-20(12-24)32(55,56)57;1-2-5-14(6-3-1)11-19-12-15-7-4-8-16-18(15)17(13-19)21-10-9-20-16/h1-12H;1-8,12-13H,9-11H2/q-1;+1. The summed E-state index contributed by atoms with van der Waals surface area (Å²) >= 11 is 0. The van der Waals surface area contributed by atoms with E-state index in [4.69, 9.17) is 9.47 Å². The number of benzene rings is 6. The number of rotatable bonds is 6. The van der Waals surface area contributed by atoms with Crippen LogP contribution in [0.25, 0.3) is 10.8 Å². The zero-order chi connectivity index (χ0) is 58.0. The first-order chi connectivity index (χ1) is 35.7. The lowest BCUT2D eigenvalue weighted by Gasteiger charge is -2.46. The summed E-state index contributed by atoms with van der Waals surface area (Å²) in [5.41, 5.74) is -28.9. The van der Waals surface area contributed by atoms with E-state index in [0.29, 0.717) is 13.2 Å². The number of halogens is 24. The highest BCUT2D eigenvalue weighted by atomic mass is 19.4. The summed E-state index contributed by atoms with van der Waals surface area (Å²) in [5.74, 6) is 1.81. The van der Waals surface area contributed by atoms with Crippen molar-refractivity contribution in [3.8, 4) is 11.5 Å². The Bertz CT molecular complexity index is 2890. The fourth-order valence-electron chi connectivity index (χ4n) is 8.84. The Hall–Kier alpha value is -7.29. The molecule has 0 radical (unpaired) electrons. The summed E-state index contributed by atoms with van der Waals surface area (Å²) in [6.07, 6.45) is -50.6. The van der Waals surface area contributed by atoms with Crippen LogP contribution in [0.1, 0.15) is 50.1 Å². The first-order valence-corrected chi connectivity index (χ1v) is 21.8. The maximum Gasteiger partial charge on any atom is 0.416 e. The normalized spacial score (nSPS) is 14.1. The van der Waals surface area contributed by atoms with Gasteiger partial charge in [-0.3, -0.25) is 0 Å². The molecule has 3 nitrogen and oxygen atoms in total. The van der Waals surface area contributed by atoms with Gasteiger partial charge in [-0.25, -0.2) is 0 Å². The Morgan fingerprint density at radius 2 is 0.628 bits per heavy atom. The lowest BCUT2D eigenvalue weighted by molar-refractivity contribution is -0.687. The number of hydrogen-bond acceptors (Lipinski definition) is 2. The summed E-state index contributed by atoms with van der Waals surface area (Å²) in [4.78, 5) is 0. The largest absolute Gasteiger partial charge is 0.489 e. The Morgan fingerprint density at radius 3 is 0.923 bits per heavy atom. The fraction of sp³-hybridized carbons (Fsp3) is 0.220. The fourth-order valence-corrected chi connectivity index (χ4v) is 8.84. The predicted molar refractivity (Wildman–Crippen MR) is 231 cm³/mol. The third kappa shape index (κ3) is 12.7. The lowest BCUT2D eigenvalue weighted by atomic mass is 9.12. The van der Waals surface area contributed by atoms with Crippen LogP contribution in [0.15, 0.2) is 134 Å². The maximum absolute atomic E-state index is 14.2. The second-order valence-corrected chi connectivity index (χ2v) is 17.4. The van der Waals surface area contributed by atoms with Gasteiger partial charge < -0.3 is 9.47 Å². The van der Waals surface area contributed by atoms with Crippen molar-refractivity contribution >= 4 is 38.8 Å². The van der Waals surface area contributed by atoms with E-state index in [1.54, 1.807) is 0 Å². The Morgan fingerprint density at radius 1 is 0.333 bits per heavy atom. The van der Waals surface area contributed by atoms with Gasteiger partial charge in [-0.1, -0.05) is 84.9 Å². The number of nitrogens with zero attached hydrogens (tertiary/aromatic N) is 1. The molecule has 1 aromatic heterocycles. The number of hydrogen-bond donors (Lipinski definition) is 0. The van der Waals surface area contributed by atoms with Gasteiger partial charge >= 0.3 is 49.4 Å². The van der Waals surface area contributed by atoms with Gasteiger partial charge in [0.15, 0.2) is 18.5 Å². The van der Waals surface area contributed by atoms with Gasteiger partial charge in [-0.05, 0) is 36.4 Å². The van der Waals surface area contributed by atoms with Crippen LogP contribution in [-0.2, 0) is 56.0 Å². The van der Waals surface area contributed by atoms with Crippen LogP contribution in [0.5, 0.6) is 11.5 Å². The van der Waals surface area contributed by atoms with Crippen LogP contribution >= 0.6 is 0 Å². The average molecular weight is 1140 g/mol. The third-order valence-corrected chi connectivity index (χ3v) is 12.1. The molecular weight excluding hydrogens is 1110 g/mol. The summed E-state index contributed by atoms with van der Waals surface area (Å²) in [7, 11) is 0. The zero-order valence-electron chi connectivity index (χ0n) is 38.2. The van der Waals surface area contributed by atoms with Gasteiger partial charge in [0, 0.05) is 5.56 Å². The molecule has 0 saturated heterocycles. The highest BCUT2D eigenvalue weighted by molar-refractivity contribution is 7.20. The molecular formula is C50H28BF24NO2. The van der Waals surface area contributed by atoms with Crippen molar-refractivity contribution in [1.82, 2.24) is 0 Å². The molecule has 0 atom stereocenters. The second kappa shape index (κ2) is 20.2. The average Bonchev–Trinajstić information content (AvgIpc) is 3.72. The van der Waals surface area contributed by atoms with E-state index < -0.39 is 195 Å². The summed E-state index contributed by atoms with van der Waals surface area (Å²) < 4.78 is 355. The van der Waals surface area contributed by atoms with Crippen LogP contribution in [0.4, 0.5) is 105 Å². The molecule has 1 aliphatic rings. The molecule has 6 aromatic carbocycles. The first kappa shape index (κ1) is 58.4. The van der Waals surface area contributed by atoms with Gasteiger partial charge in [-0.2, -0.15) is 132 Å². The quantitative estimate of drug-likeness (QED) is 0.0941. The van der Waals surface area contributed by atoms with Crippen molar-refractivity contribution in [3.63, 3.8) is 0 Å². The molecule has 0 saturated carbocycles. The minimum atomic E-state index is -6.13. The highest BCUT2D eigenvalue weighted by Gasteiger charge is 2.47. The third-order valence-electron chi connectivity index (χ3n) is 12.1. The molecule has 7 aromatic rings. The van der Waals surface area contributed by atoms with Crippen molar-refractivity contribution in [3.05, 3.63) is 184 Å². The molecule has 0 bridgehead atoms.